The highest BCUT2D eigenvalue weighted by atomic mass is 16.5. The Kier molecular flexibility index (Phi) is 7.80. The van der Waals surface area contributed by atoms with Gasteiger partial charge < -0.3 is 9.47 Å². The lowest BCUT2D eigenvalue weighted by molar-refractivity contribution is -0.0283. The van der Waals surface area contributed by atoms with Crippen LogP contribution in [0.25, 0.3) is 0 Å². The number of hydrogen-bond donors (Lipinski definition) is 0. The standard InChI is InChI=1S/C23H24O2/c1-3-15-23(16-4-2,19-24-17-21-11-7-5-8-12-21)20-25-18-22-13-9-6-10-14-22/h1-2,5-14H,15-20H2. The van der Waals surface area contributed by atoms with Crippen molar-refractivity contribution in [2.24, 2.45) is 5.41 Å². The summed E-state index contributed by atoms with van der Waals surface area (Å²) >= 11 is 0. The molecule has 0 atom stereocenters. The molecular formula is C23H24O2. The van der Waals surface area contributed by atoms with Crippen LogP contribution < -0.4 is 0 Å². The third kappa shape index (κ3) is 6.48. The van der Waals surface area contributed by atoms with Crippen LogP contribution in [-0.2, 0) is 22.7 Å². The molecule has 128 valence electrons. The fourth-order valence-corrected chi connectivity index (χ4v) is 2.66. The second-order valence-corrected chi connectivity index (χ2v) is 6.22. The Hall–Kier alpha value is -2.52. The molecule has 25 heavy (non-hydrogen) atoms. The molecule has 0 radical (unpaired) electrons. The van der Waals surface area contributed by atoms with Crippen LogP contribution in [0.5, 0.6) is 0 Å². The van der Waals surface area contributed by atoms with E-state index in [1.54, 1.807) is 0 Å². The third-order valence-electron chi connectivity index (χ3n) is 3.99. The number of benzene rings is 2. The van der Waals surface area contributed by atoms with E-state index in [1.165, 1.54) is 0 Å². The fourth-order valence-electron chi connectivity index (χ4n) is 2.66. The van der Waals surface area contributed by atoms with E-state index in [-0.39, 0.29) is 5.41 Å². The molecule has 0 saturated heterocycles. The molecule has 0 aromatic heterocycles. The van der Waals surface area contributed by atoms with Gasteiger partial charge in [0.1, 0.15) is 0 Å². The molecular weight excluding hydrogens is 308 g/mol. The van der Waals surface area contributed by atoms with Crippen LogP contribution >= 0.6 is 0 Å². The van der Waals surface area contributed by atoms with Gasteiger partial charge in [0, 0.05) is 18.3 Å². The Morgan fingerprint density at radius 3 is 1.44 bits per heavy atom. The Morgan fingerprint density at radius 1 is 0.680 bits per heavy atom. The molecule has 0 aliphatic carbocycles. The molecule has 2 heteroatoms. The summed E-state index contributed by atoms with van der Waals surface area (Å²) in [7, 11) is 0. The first-order valence-corrected chi connectivity index (χ1v) is 8.38. The van der Waals surface area contributed by atoms with Crippen molar-refractivity contribution in [3.05, 3.63) is 71.8 Å². The largest absolute Gasteiger partial charge is 0.376 e. The van der Waals surface area contributed by atoms with E-state index >= 15 is 0 Å². The molecule has 2 rings (SSSR count). The van der Waals surface area contributed by atoms with Crippen LogP contribution in [0.15, 0.2) is 60.7 Å². The predicted octanol–water partition coefficient (Wildman–Crippen LogP) is 4.45. The molecule has 0 aliphatic heterocycles. The van der Waals surface area contributed by atoms with Crippen LogP contribution in [0, 0.1) is 30.1 Å². The number of ether oxygens (including phenoxy) is 2. The molecule has 0 amide bonds. The highest BCUT2D eigenvalue weighted by Crippen LogP contribution is 2.28. The summed E-state index contributed by atoms with van der Waals surface area (Å²) in [5.74, 6) is 5.47. The van der Waals surface area contributed by atoms with Crippen LogP contribution in [-0.4, -0.2) is 13.2 Å². The Morgan fingerprint density at radius 2 is 1.08 bits per heavy atom. The van der Waals surface area contributed by atoms with E-state index in [9.17, 15) is 0 Å². The van der Waals surface area contributed by atoms with Crippen LogP contribution in [0.1, 0.15) is 24.0 Å². The average Bonchev–Trinajstić information content (AvgIpc) is 2.64. The van der Waals surface area contributed by atoms with Gasteiger partial charge in [-0.2, -0.15) is 0 Å². The summed E-state index contributed by atoms with van der Waals surface area (Å²) in [6.45, 7) is 2.03. The highest BCUT2D eigenvalue weighted by Gasteiger charge is 2.29. The van der Waals surface area contributed by atoms with Crippen molar-refractivity contribution in [3.8, 4) is 24.7 Å². The molecule has 0 saturated carbocycles. The number of hydrogen-bond acceptors (Lipinski definition) is 2. The van der Waals surface area contributed by atoms with Crippen molar-refractivity contribution in [1.82, 2.24) is 0 Å². The molecule has 0 fully saturated rings. The van der Waals surface area contributed by atoms with Gasteiger partial charge in [0.2, 0.25) is 0 Å². The predicted molar refractivity (Wildman–Crippen MR) is 102 cm³/mol. The van der Waals surface area contributed by atoms with E-state index < -0.39 is 0 Å². The Bertz CT molecular complexity index is 629. The molecule has 0 aliphatic rings. The molecule has 0 bridgehead atoms. The van der Waals surface area contributed by atoms with Crippen LogP contribution in [0.2, 0.25) is 0 Å². The van der Waals surface area contributed by atoms with Gasteiger partial charge in [0.25, 0.3) is 0 Å². The van der Waals surface area contributed by atoms with E-state index in [4.69, 9.17) is 22.3 Å². The third-order valence-corrected chi connectivity index (χ3v) is 3.99. The molecule has 2 aromatic carbocycles. The van der Waals surface area contributed by atoms with Gasteiger partial charge in [0.15, 0.2) is 0 Å². The monoisotopic (exact) mass is 332 g/mol. The summed E-state index contributed by atoms with van der Waals surface area (Å²) < 4.78 is 11.8. The molecule has 2 nitrogen and oxygen atoms in total. The van der Waals surface area contributed by atoms with E-state index in [0.29, 0.717) is 39.3 Å². The van der Waals surface area contributed by atoms with E-state index in [0.717, 1.165) is 11.1 Å². The first kappa shape index (κ1) is 18.8. The van der Waals surface area contributed by atoms with Crippen molar-refractivity contribution in [3.63, 3.8) is 0 Å². The second kappa shape index (κ2) is 10.4. The zero-order valence-electron chi connectivity index (χ0n) is 14.5. The maximum Gasteiger partial charge on any atom is 0.0717 e. The number of rotatable bonds is 10. The van der Waals surface area contributed by atoms with Gasteiger partial charge in [-0.15, -0.1) is 24.7 Å². The van der Waals surface area contributed by atoms with Crippen molar-refractivity contribution in [1.29, 1.82) is 0 Å². The average molecular weight is 332 g/mol. The first-order chi connectivity index (χ1) is 12.3. The van der Waals surface area contributed by atoms with Crippen molar-refractivity contribution in [2.45, 2.75) is 26.1 Å². The minimum Gasteiger partial charge on any atom is -0.376 e. The van der Waals surface area contributed by atoms with E-state index in [1.807, 2.05) is 60.7 Å². The van der Waals surface area contributed by atoms with Crippen LogP contribution in [0.4, 0.5) is 0 Å². The normalized spacial score (nSPS) is 10.8. The van der Waals surface area contributed by atoms with Gasteiger partial charge in [0.05, 0.1) is 26.4 Å². The van der Waals surface area contributed by atoms with Crippen molar-refractivity contribution in [2.75, 3.05) is 13.2 Å². The SMILES string of the molecule is C#CCC(CC#C)(COCc1ccccc1)COCc1ccccc1. The molecule has 2 aromatic rings. The van der Waals surface area contributed by atoms with Crippen molar-refractivity contribution >= 4 is 0 Å². The fraction of sp³-hybridized carbons (Fsp3) is 0.304. The first-order valence-electron chi connectivity index (χ1n) is 8.38. The molecule has 0 unspecified atom stereocenters. The second-order valence-electron chi connectivity index (χ2n) is 6.22. The van der Waals surface area contributed by atoms with Gasteiger partial charge >= 0.3 is 0 Å². The topological polar surface area (TPSA) is 18.5 Å². The van der Waals surface area contributed by atoms with Crippen molar-refractivity contribution < 1.29 is 9.47 Å². The van der Waals surface area contributed by atoms with E-state index in [2.05, 4.69) is 11.8 Å². The van der Waals surface area contributed by atoms with Gasteiger partial charge in [-0.25, -0.2) is 0 Å². The molecule has 0 heterocycles. The Balaban J connectivity index is 1.92. The lowest BCUT2D eigenvalue weighted by Crippen LogP contribution is -2.32. The zero-order chi connectivity index (χ0) is 17.8. The van der Waals surface area contributed by atoms with Gasteiger partial charge in [-0.1, -0.05) is 60.7 Å². The molecule has 0 N–H and O–H groups in total. The maximum absolute atomic E-state index is 5.92. The van der Waals surface area contributed by atoms with Crippen LogP contribution in [0.3, 0.4) is 0 Å². The highest BCUT2D eigenvalue weighted by molar-refractivity contribution is 5.14. The maximum atomic E-state index is 5.92. The zero-order valence-corrected chi connectivity index (χ0v) is 14.5. The quantitative estimate of drug-likeness (QED) is 0.598. The van der Waals surface area contributed by atoms with Gasteiger partial charge in [-0.3, -0.25) is 0 Å². The molecule has 0 spiro atoms. The smallest absolute Gasteiger partial charge is 0.0717 e. The Labute approximate surface area is 151 Å². The summed E-state index contributed by atoms with van der Waals surface area (Å²) in [5, 5.41) is 0. The number of terminal acetylenes is 2. The lowest BCUT2D eigenvalue weighted by Gasteiger charge is -2.30. The summed E-state index contributed by atoms with van der Waals surface area (Å²) in [4.78, 5) is 0. The minimum atomic E-state index is -0.354. The summed E-state index contributed by atoms with van der Waals surface area (Å²) in [6.07, 6.45) is 12.2. The summed E-state index contributed by atoms with van der Waals surface area (Å²) in [5.41, 5.74) is 1.90. The minimum absolute atomic E-state index is 0.354. The lowest BCUT2D eigenvalue weighted by atomic mass is 9.83. The summed E-state index contributed by atoms with van der Waals surface area (Å²) in [6, 6.07) is 20.1. The van der Waals surface area contributed by atoms with Gasteiger partial charge in [-0.05, 0) is 11.1 Å².